The Labute approximate surface area is 145 Å². The molecule has 3 rings (SSSR count). The largest absolute Gasteiger partial charge is 0.342 e. The SMILES string of the molecule is Cc1ccc(C[C@H](C)N(C)C(=O)[C@H]2CC23CCS(=O)(=O)CC3)cc1. The Morgan fingerprint density at radius 2 is 1.83 bits per heavy atom. The Kier molecular flexibility index (Phi) is 4.49. The lowest BCUT2D eigenvalue weighted by Crippen LogP contribution is -2.39. The van der Waals surface area contributed by atoms with Crippen LogP contribution in [0.2, 0.25) is 0 Å². The molecule has 24 heavy (non-hydrogen) atoms. The summed E-state index contributed by atoms with van der Waals surface area (Å²) in [5.41, 5.74) is 2.45. The fourth-order valence-electron chi connectivity index (χ4n) is 3.86. The van der Waals surface area contributed by atoms with Gasteiger partial charge in [-0.05, 0) is 50.5 Å². The molecule has 1 spiro atoms. The number of nitrogens with zero attached hydrogens (tertiary/aromatic N) is 1. The van der Waals surface area contributed by atoms with E-state index < -0.39 is 9.84 Å². The van der Waals surface area contributed by atoms with Gasteiger partial charge in [-0.1, -0.05) is 29.8 Å². The lowest BCUT2D eigenvalue weighted by atomic mass is 9.95. The molecule has 5 heteroatoms. The van der Waals surface area contributed by atoms with Gasteiger partial charge in [0.25, 0.3) is 0 Å². The van der Waals surface area contributed by atoms with Crippen LogP contribution < -0.4 is 0 Å². The first kappa shape index (κ1) is 17.5. The van der Waals surface area contributed by atoms with Crippen molar-refractivity contribution < 1.29 is 13.2 Å². The summed E-state index contributed by atoms with van der Waals surface area (Å²) in [7, 11) is -0.987. The van der Waals surface area contributed by atoms with Crippen LogP contribution in [0.25, 0.3) is 0 Å². The second-order valence-electron chi connectivity index (χ2n) is 7.76. The molecule has 1 saturated carbocycles. The normalized spacial score (nSPS) is 25.2. The van der Waals surface area contributed by atoms with Gasteiger partial charge in [0.2, 0.25) is 5.91 Å². The number of aryl methyl sites for hydroxylation is 1. The first-order valence-electron chi connectivity index (χ1n) is 8.75. The summed E-state index contributed by atoms with van der Waals surface area (Å²) in [6.07, 6.45) is 3.03. The number of hydrogen-bond acceptors (Lipinski definition) is 3. The van der Waals surface area contributed by atoms with E-state index in [2.05, 4.69) is 38.1 Å². The molecule has 2 fully saturated rings. The monoisotopic (exact) mass is 349 g/mol. The van der Waals surface area contributed by atoms with Gasteiger partial charge in [0, 0.05) is 19.0 Å². The van der Waals surface area contributed by atoms with Gasteiger partial charge in [0.15, 0.2) is 0 Å². The van der Waals surface area contributed by atoms with E-state index in [1.165, 1.54) is 11.1 Å². The van der Waals surface area contributed by atoms with E-state index in [0.717, 1.165) is 12.8 Å². The number of sulfone groups is 1. The predicted molar refractivity (Wildman–Crippen MR) is 95.5 cm³/mol. The minimum atomic E-state index is -2.87. The molecule has 1 aliphatic heterocycles. The Morgan fingerprint density at radius 3 is 2.42 bits per heavy atom. The Balaban J connectivity index is 1.58. The third-order valence-corrected chi connectivity index (χ3v) is 7.62. The molecular formula is C19H27NO3S. The third-order valence-electron chi connectivity index (χ3n) is 5.97. The van der Waals surface area contributed by atoms with Crippen LogP contribution in [0, 0.1) is 18.3 Å². The molecule has 1 amide bonds. The smallest absolute Gasteiger partial charge is 0.226 e. The fraction of sp³-hybridized carbons (Fsp3) is 0.632. The molecule has 0 bridgehead atoms. The van der Waals surface area contributed by atoms with E-state index in [-0.39, 0.29) is 34.8 Å². The summed E-state index contributed by atoms with van der Waals surface area (Å²) < 4.78 is 23.2. The highest BCUT2D eigenvalue weighted by atomic mass is 32.2. The van der Waals surface area contributed by atoms with Crippen LogP contribution in [0.5, 0.6) is 0 Å². The lowest BCUT2D eigenvalue weighted by Gasteiger charge is -2.28. The molecule has 1 saturated heterocycles. The van der Waals surface area contributed by atoms with Crippen molar-refractivity contribution in [1.82, 2.24) is 4.90 Å². The number of carbonyl (C=O) groups excluding carboxylic acids is 1. The molecule has 0 aromatic heterocycles. The summed E-state index contributed by atoms with van der Waals surface area (Å²) in [5, 5.41) is 0. The Bertz CT molecular complexity index is 709. The maximum absolute atomic E-state index is 12.8. The van der Waals surface area contributed by atoms with E-state index >= 15 is 0 Å². The Morgan fingerprint density at radius 1 is 1.25 bits per heavy atom. The minimum absolute atomic E-state index is 0.0264. The highest BCUT2D eigenvalue weighted by Crippen LogP contribution is 2.60. The van der Waals surface area contributed by atoms with Crippen molar-refractivity contribution in [3.8, 4) is 0 Å². The zero-order valence-corrected chi connectivity index (χ0v) is 15.6. The van der Waals surface area contributed by atoms with Crippen LogP contribution in [0.3, 0.4) is 0 Å². The molecule has 1 aliphatic carbocycles. The van der Waals surface area contributed by atoms with E-state index in [4.69, 9.17) is 0 Å². The second kappa shape index (κ2) is 6.17. The van der Waals surface area contributed by atoms with Gasteiger partial charge >= 0.3 is 0 Å². The summed E-state index contributed by atoms with van der Waals surface area (Å²) >= 11 is 0. The highest BCUT2D eigenvalue weighted by Gasteiger charge is 2.60. The third kappa shape index (κ3) is 3.51. The molecule has 1 heterocycles. The average Bonchev–Trinajstić information content (AvgIpc) is 3.26. The fourth-order valence-corrected chi connectivity index (χ4v) is 5.50. The zero-order chi connectivity index (χ0) is 17.5. The molecule has 0 N–H and O–H groups in total. The van der Waals surface area contributed by atoms with E-state index in [9.17, 15) is 13.2 Å². The Hall–Kier alpha value is -1.36. The van der Waals surface area contributed by atoms with Gasteiger partial charge in [-0.2, -0.15) is 0 Å². The van der Waals surface area contributed by atoms with Crippen LogP contribution >= 0.6 is 0 Å². The van der Waals surface area contributed by atoms with Crippen molar-refractivity contribution >= 4 is 15.7 Å². The van der Waals surface area contributed by atoms with Crippen molar-refractivity contribution in [2.75, 3.05) is 18.6 Å². The minimum Gasteiger partial charge on any atom is -0.342 e. The number of likely N-dealkylation sites (N-methyl/N-ethyl adjacent to an activating group) is 1. The highest BCUT2D eigenvalue weighted by molar-refractivity contribution is 7.91. The quantitative estimate of drug-likeness (QED) is 0.839. The van der Waals surface area contributed by atoms with Gasteiger partial charge < -0.3 is 4.90 Å². The van der Waals surface area contributed by atoms with Gasteiger partial charge in [0.1, 0.15) is 9.84 Å². The molecule has 4 nitrogen and oxygen atoms in total. The van der Waals surface area contributed by atoms with E-state index in [1.54, 1.807) is 0 Å². The van der Waals surface area contributed by atoms with Gasteiger partial charge in [-0.3, -0.25) is 4.79 Å². The van der Waals surface area contributed by atoms with E-state index in [1.807, 2.05) is 11.9 Å². The van der Waals surface area contributed by atoms with Crippen molar-refractivity contribution in [1.29, 1.82) is 0 Å². The van der Waals surface area contributed by atoms with Crippen molar-refractivity contribution in [3.05, 3.63) is 35.4 Å². The maximum atomic E-state index is 12.8. The maximum Gasteiger partial charge on any atom is 0.226 e. The summed E-state index contributed by atoms with van der Waals surface area (Å²) in [5.74, 6) is 0.714. The number of benzene rings is 1. The van der Waals surface area contributed by atoms with Crippen molar-refractivity contribution in [3.63, 3.8) is 0 Å². The molecule has 2 aliphatic rings. The molecular weight excluding hydrogens is 322 g/mol. The number of hydrogen-bond donors (Lipinski definition) is 0. The van der Waals surface area contributed by atoms with Gasteiger partial charge in [-0.25, -0.2) is 8.42 Å². The van der Waals surface area contributed by atoms with Crippen LogP contribution in [0.1, 0.15) is 37.3 Å². The van der Waals surface area contributed by atoms with Gasteiger partial charge in [0.05, 0.1) is 11.5 Å². The van der Waals surface area contributed by atoms with E-state index in [0.29, 0.717) is 12.8 Å². The molecule has 0 unspecified atom stereocenters. The van der Waals surface area contributed by atoms with Crippen LogP contribution in [-0.4, -0.2) is 43.8 Å². The number of carbonyl (C=O) groups is 1. The zero-order valence-electron chi connectivity index (χ0n) is 14.8. The van der Waals surface area contributed by atoms with Crippen LogP contribution in [0.15, 0.2) is 24.3 Å². The van der Waals surface area contributed by atoms with Crippen LogP contribution in [0.4, 0.5) is 0 Å². The first-order valence-corrected chi connectivity index (χ1v) is 10.6. The van der Waals surface area contributed by atoms with Crippen molar-refractivity contribution in [2.45, 2.75) is 45.6 Å². The second-order valence-corrected chi connectivity index (χ2v) is 10.1. The lowest BCUT2D eigenvalue weighted by molar-refractivity contribution is -0.134. The van der Waals surface area contributed by atoms with Gasteiger partial charge in [-0.15, -0.1) is 0 Å². The molecule has 1 aromatic carbocycles. The topological polar surface area (TPSA) is 54.5 Å². The standard InChI is InChI=1S/C19H27NO3S/c1-14-4-6-16(7-5-14)12-15(2)20(3)18(21)17-13-19(17)8-10-24(22,23)11-9-19/h4-7,15,17H,8-13H2,1-3H3/t15-,17+/m0/s1. The first-order chi connectivity index (χ1) is 11.2. The summed E-state index contributed by atoms with van der Waals surface area (Å²) in [4.78, 5) is 14.7. The number of amides is 1. The predicted octanol–water partition coefficient (Wildman–Crippen LogP) is 2.60. The molecule has 1 aromatic rings. The molecule has 0 radical (unpaired) electrons. The van der Waals surface area contributed by atoms with Crippen LogP contribution in [-0.2, 0) is 21.1 Å². The summed E-state index contributed by atoms with van der Waals surface area (Å²) in [6, 6.07) is 8.58. The summed E-state index contributed by atoms with van der Waals surface area (Å²) in [6.45, 7) is 4.15. The molecule has 132 valence electrons. The molecule has 2 atom stereocenters. The average molecular weight is 349 g/mol. The number of rotatable bonds is 4. The van der Waals surface area contributed by atoms with Crippen molar-refractivity contribution in [2.24, 2.45) is 11.3 Å².